The van der Waals surface area contributed by atoms with E-state index in [9.17, 15) is 29.4 Å². The number of aliphatic hydroxyl groups is 1. The molecule has 232 valence electrons. The molecule has 5 rings (SSSR count). The van der Waals surface area contributed by atoms with Crippen LogP contribution in [-0.2, 0) is 30.6 Å². The van der Waals surface area contributed by atoms with Crippen molar-refractivity contribution in [3.05, 3.63) is 40.4 Å². The third kappa shape index (κ3) is 5.91. The average Bonchev–Trinajstić information content (AvgIpc) is 3.66. The second-order valence-corrected chi connectivity index (χ2v) is 12.7. The summed E-state index contributed by atoms with van der Waals surface area (Å²) in [6, 6.07) is 0.538. The van der Waals surface area contributed by atoms with Crippen molar-refractivity contribution in [3.8, 4) is 0 Å². The van der Waals surface area contributed by atoms with Crippen LogP contribution < -0.4 is 22.3 Å². The highest BCUT2D eigenvalue weighted by Gasteiger charge is 2.54. The Kier molecular flexibility index (Phi) is 8.74. The van der Waals surface area contributed by atoms with Crippen LogP contribution in [0.25, 0.3) is 5.78 Å². The van der Waals surface area contributed by atoms with E-state index in [-0.39, 0.29) is 46.1 Å². The molecule has 3 aromatic rings. The number of nitrogens with zero attached hydrogens (tertiary/aromatic N) is 7. The number of anilines is 1. The lowest BCUT2D eigenvalue weighted by atomic mass is 10.0. The van der Waals surface area contributed by atoms with Crippen LogP contribution in [0.3, 0.4) is 0 Å². The number of aromatic nitrogens is 5. The Morgan fingerprint density at radius 1 is 1.32 bits per heavy atom. The lowest BCUT2D eigenvalue weighted by Gasteiger charge is -2.49. The van der Waals surface area contributed by atoms with E-state index in [1.807, 2.05) is 5.43 Å². The molecule has 0 radical (unpaired) electrons. The Labute approximate surface area is 260 Å². The van der Waals surface area contributed by atoms with Crippen molar-refractivity contribution in [2.45, 2.75) is 42.5 Å². The lowest BCUT2D eigenvalue weighted by molar-refractivity contribution is -0.150. The van der Waals surface area contributed by atoms with Gasteiger partial charge in [0.2, 0.25) is 5.60 Å². The monoisotopic (exact) mass is 663 g/mol. The molecule has 18 nitrogen and oxygen atoms in total. The number of oxime groups is 1. The first-order chi connectivity index (χ1) is 20.9. The highest BCUT2D eigenvalue weighted by Crippen LogP contribution is 2.41. The molecule has 0 spiro atoms. The number of carboxylic acids is 1. The van der Waals surface area contributed by atoms with Gasteiger partial charge < -0.3 is 26.1 Å². The molecule has 2 atom stereocenters. The minimum Gasteiger partial charge on any atom is -0.477 e. The molecule has 21 heteroatoms. The van der Waals surface area contributed by atoms with Gasteiger partial charge in [-0.05, 0) is 25.5 Å². The molecular weight excluding hydrogens is 639 g/mol. The largest absolute Gasteiger partial charge is 0.477 e. The highest BCUT2D eigenvalue weighted by atomic mass is 32.2. The van der Waals surface area contributed by atoms with Crippen LogP contribution in [-0.4, -0.2) is 97.6 Å². The van der Waals surface area contributed by atoms with Gasteiger partial charge in [-0.15, -0.1) is 34.9 Å². The number of hydrogen-bond donors (Lipinski definition) is 6. The van der Waals surface area contributed by atoms with Crippen LogP contribution in [0, 0.1) is 0 Å². The molecule has 3 aromatic heterocycles. The van der Waals surface area contributed by atoms with Crippen molar-refractivity contribution in [2.75, 3.05) is 17.2 Å². The SMILES string of the molecule is CC(C)(ON=C(C(=O)NC1C(=O)N2C(C(=O)O)=C(CSc3cc(CO)n4ncnc4n3)CS[C@@H]12)c1csc(N)n1)C(=O)NN. The van der Waals surface area contributed by atoms with Gasteiger partial charge >= 0.3 is 5.97 Å². The molecule has 0 aromatic carbocycles. The van der Waals surface area contributed by atoms with E-state index in [0.717, 1.165) is 16.2 Å². The van der Waals surface area contributed by atoms with Gasteiger partial charge in [0, 0.05) is 16.9 Å². The minimum absolute atomic E-state index is 0.0431. The number of thioether (sulfide) groups is 2. The summed E-state index contributed by atoms with van der Waals surface area (Å²) >= 11 is 3.53. The van der Waals surface area contributed by atoms with Gasteiger partial charge in [0.25, 0.3) is 23.5 Å². The van der Waals surface area contributed by atoms with E-state index in [4.69, 9.17) is 16.4 Å². The number of carboxylic acid groups (broad SMARTS) is 1. The first kappa shape index (κ1) is 31.1. The summed E-state index contributed by atoms with van der Waals surface area (Å²) in [7, 11) is 0. The third-order valence-corrected chi connectivity index (χ3v) is 9.43. The van der Waals surface area contributed by atoms with Crippen LogP contribution in [0.1, 0.15) is 25.2 Å². The summed E-state index contributed by atoms with van der Waals surface area (Å²) in [4.78, 5) is 69.8. The summed E-state index contributed by atoms with van der Waals surface area (Å²) in [5.74, 6) is 2.41. The Morgan fingerprint density at radius 2 is 2.09 bits per heavy atom. The Balaban J connectivity index is 1.33. The molecule has 5 heterocycles. The van der Waals surface area contributed by atoms with Gasteiger partial charge in [-0.1, -0.05) is 5.16 Å². The number of fused-ring (bicyclic) bond motifs is 2. The summed E-state index contributed by atoms with van der Waals surface area (Å²) in [6.45, 7) is 2.45. The van der Waals surface area contributed by atoms with E-state index in [1.54, 1.807) is 6.07 Å². The van der Waals surface area contributed by atoms with E-state index < -0.39 is 40.7 Å². The van der Waals surface area contributed by atoms with Gasteiger partial charge in [0.15, 0.2) is 10.8 Å². The molecule has 44 heavy (non-hydrogen) atoms. The number of carbonyl (C=O) groups is 4. The molecule has 0 saturated carbocycles. The summed E-state index contributed by atoms with van der Waals surface area (Å²) < 4.78 is 1.39. The van der Waals surface area contributed by atoms with Gasteiger partial charge in [-0.2, -0.15) is 14.6 Å². The third-order valence-electron chi connectivity index (χ3n) is 6.42. The molecule has 2 aliphatic rings. The first-order valence-electron chi connectivity index (χ1n) is 12.6. The van der Waals surface area contributed by atoms with Crippen molar-refractivity contribution in [1.82, 2.24) is 40.2 Å². The van der Waals surface area contributed by atoms with Crippen molar-refractivity contribution in [3.63, 3.8) is 0 Å². The number of hydrazine groups is 1. The smallest absolute Gasteiger partial charge is 0.352 e. The fraction of sp³-hybridized carbons (Fsp3) is 0.348. The molecule has 3 amide bonds. The van der Waals surface area contributed by atoms with Crippen LogP contribution in [0.5, 0.6) is 0 Å². The van der Waals surface area contributed by atoms with Crippen molar-refractivity contribution in [1.29, 1.82) is 0 Å². The fourth-order valence-corrected chi connectivity index (χ4v) is 7.13. The standard InChI is InChI=1S/C23H25N11O7S3/c1-23(2,20(40)31-25)41-32-13(11-7-44-21(24)28-11)16(36)30-14-17(37)33-15(19(38)39)9(6-43-18(14)33)5-42-12-3-10(4-35)34-22(29-12)26-8-27-34/h3,7-8,14,18,35H,4-6,25H2,1-2H3,(H2,24,28)(H,30,36)(H,31,40)(H,38,39)/t14?,18-/m0/s1. The molecule has 2 aliphatic heterocycles. The van der Waals surface area contributed by atoms with Crippen molar-refractivity contribution >= 4 is 75.2 Å². The highest BCUT2D eigenvalue weighted by molar-refractivity contribution is 8.01. The van der Waals surface area contributed by atoms with Crippen molar-refractivity contribution < 1.29 is 34.2 Å². The van der Waals surface area contributed by atoms with Gasteiger partial charge in [0.05, 0.1) is 12.3 Å². The molecule has 0 bridgehead atoms. The zero-order valence-corrected chi connectivity index (χ0v) is 25.4. The number of aliphatic hydroxyl groups excluding tert-OH is 1. The molecule has 1 fully saturated rings. The molecule has 1 unspecified atom stereocenters. The van der Waals surface area contributed by atoms with E-state index in [2.05, 4.69) is 30.5 Å². The maximum absolute atomic E-state index is 13.3. The molecule has 8 N–H and O–H groups in total. The normalized spacial score (nSPS) is 18.6. The zero-order chi connectivity index (χ0) is 31.8. The lowest BCUT2D eigenvalue weighted by Crippen LogP contribution is -2.71. The van der Waals surface area contributed by atoms with Gasteiger partial charge in [-0.25, -0.2) is 20.6 Å². The van der Waals surface area contributed by atoms with E-state index >= 15 is 0 Å². The second-order valence-electron chi connectivity index (χ2n) is 9.71. The maximum atomic E-state index is 13.3. The molecule has 1 saturated heterocycles. The Bertz CT molecular complexity index is 1720. The Morgan fingerprint density at radius 3 is 2.75 bits per heavy atom. The number of β-lactam (4-membered cyclic amide) rings is 1. The number of aliphatic carboxylic acids is 1. The summed E-state index contributed by atoms with van der Waals surface area (Å²) in [6.07, 6.45) is 1.30. The van der Waals surface area contributed by atoms with E-state index in [1.165, 1.54) is 53.6 Å². The van der Waals surface area contributed by atoms with E-state index in [0.29, 0.717) is 16.3 Å². The topological polar surface area (TPSA) is 266 Å². The summed E-state index contributed by atoms with van der Waals surface area (Å²) in [5, 5.41) is 31.5. The maximum Gasteiger partial charge on any atom is 0.352 e. The van der Waals surface area contributed by atoms with Gasteiger partial charge in [-0.3, -0.25) is 24.7 Å². The van der Waals surface area contributed by atoms with Crippen molar-refractivity contribution in [2.24, 2.45) is 11.0 Å². The number of rotatable bonds is 11. The number of carbonyl (C=O) groups excluding carboxylic acids is 3. The average molecular weight is 664 g/mol. The summed E-state index contributed by atoms with van der Waals surface area (Å²) in [5.41, 5.74) is 6.54. The first-order valence-corrected chi connectivity index (χ1v) is 15.5. The van der Waals surface area contributed by atoms with Gasteiger partial charge in [0.1, 0.15) is 34.2 Å². The van der Waals surface area contributed by atoms with Crippen LogP contribution >= 0.6 is 34.9 Å². The zero-order valence-electron chi connectivity index (χ0n) is 23.0. The molecule has 0 aliphatic carbocycles. The number of nitrogens with two attached hydrogens (primary N) is 2. The second kappa shape index (κ2) is 12.4. The van der Waals surface area contributed by atoms with Crippen LogP contribution in [0.2, 0.25) is 0 Å². The van der Waals surface area contributed by atoms with Crippen LogP contribution in [0.4, 0.5) is 5.13 Å². The predicted molar refractivity (Wildman–Crippen MR) is 158 cm³/mol. The molecular formula is C23H25N11O7S3. The number of hydrogen-bond acceptors (Lipinski definition) is 16. The fourth-order valence-electron chi connectivity index (χ4n) is 4.18. The predicted octanol–water partition coefficient (Wildman–Crippen LogP) is -1.32. The number of nitrogens with one attached hydrogen (secondary N) is 2. The number of thiazole rings is 1. The number of amides is 3. The number of nitrogen functional groups attached to an aromatic ring is 1. The van der Waals surface area contributed by atoms with Crippen LogP contribution in [0.15, 0.2) is 39.2 Å². The quantitative estimate of drug-likeness (QED) is 0.0264. The Hall–Kier alpha value is -4.31. The minimum atomic E-state index is -1.56.